The highest BCUT2D eigenvalue weighted by molar-refractivity contribution is 6.74. The summed E-state index contributed by atoms with van der Waals surface area (Å²) in [6, 6.07) is 3.30. The largest absolute Gasteiger partial charge is 0.479 e. The van der Waals surface area contributed by atoms with Crippen LogP contribution in [0.3, 0.4) is 0 Å². The molecule has 6 heteroatoms. The summed E-state index contributed by atoms with van der Waals surface area (Å²) in [5.74, 6) is -1.04. The fourth-order valence-electron chi connectivity index (χ4n) is 1.31. The number of hydrogen-bond acceptors (Lipinski definition) is 3. The van der Waals surface area contributed by atoms with Crippen LogP contribution in [0.4, 0.5) is 0 Å². The predicted molar refractivity (Wildman–Crippen MR) is 77.9 cm³/mol. The van der Waals surface area contributed by atoms with Gasteiger partial charge in [0.1, 0.15) is 5.15 Å². The van der Waals surface area contributed by atoms with E-state index in [1.54, 1.807) is 12.1 Å². The summed E-state index contributed by atoms with van der Waals surface area (Å²) in [4.78, 5) is 15.4. The number of hydrogen-bond donors (Lipinski definition) is 1. The quantitative estimate of drug-likeness (QED) is 0.677. The monoisotopic (exact) mass is 301 g/mol. The molecule has 1 rings (SSSR count). The summed E-state index contributed by atoms with van der Waals surface area (Å²) in [6.45, 7) is 10.2. The summed E-state index contributed by atoms with van der Waals surface area (Å²) in [5.41, 5.74) is 0.404. The summed E-state index contributed by atoms with van der Waals surface area (Å²) in [6.07, 6.45) is 0.457. The van der Waals surface area contributed by atoms with E-state index in [0.29, 0.717) is 5.56 Å². The van der Waals surface area contributed by atoms with Gasteiger partial charge in [0, 0.05) is 11.8 Å². The van der Waals surface area contributed by atoms with E-state index in [-0.39, 0.29) is 10.2 Å². The molecule has 0 fully saturated rings. The van der Waals surface area contributed by atoms with Crippen molar-refractivity contribution in [2.45, 2.75) is 45.0 Å². The van der Waals surface area contributed by atoms with Crippen molar-refractivity contribution in [3.63, 3.8) is 0 Å². The highest BCUT2D eigenvalue weighted by Gasteiger charge is 2.41. The first-order valence-corrected chi connectivity index (χ1v) is 9.36. The van der Waals surface area contributed by atoms with Crippen molar-refractivity contribution in [3.05, 3.63) is 29.0 Å². The van der Waals surface area contributed by atoms with Crippen molar-refractivity contribution in [1.82, 2.24) is 4.98 Å². The zero-order valence-corrected chi connectivity index (χ0v) is 13.7. The van der Waals surface area contributed by atoms with E-state index in [0.717, 1.165) is 0 Å². The lowest BCUT2D eigenvalue weighted by Gasteiger charge is -2.38. The highest BCUT2D eigenvalue weighted by atomic mass is 35.5. The van der Waals surface area contributed by atoms with Crippen molar-refractivity contribution >= 4 is 25.9 Å². The van der Waals surface area contributed by atoms with Crippen LogP contribution in [0.25, 0.3) is 0 Å². The van der Waals surface area contributed by atoms with Crippen LogP contribution in [0.5, 0.6) is 0 Å². The molecule has 1 N–H and O–H groups in total. The zero-order valence-electron chi connectivity index (χ0n) is 11.9. The molecule has 0 saturated heterocycles. The molecule has 0 bridgehead atoms. The fraction of sp³-hybridized carbons (Fsp3) is 0.538. The SMILES string of the molecule is CC(C)(C)[Si](C)(C)OC(C(=O)O)c1cccnc1Cl. The fourth-order valence-corrected chi connectivity index (χ4v) is 2.70. The maximum atomic E-state index is 11.5. The minimum atomic E-state index is -2.20. The molecule has 0 aromatic carbocycles. The van der Waals surface area contributed by atoms with E-state index in [1.807, 2.05) is 13.1 Å². The second-order valence-corrected chi connectivity index (χ2v) is 11.1. The molecule has 106 valence electrons. The number of halogens is 1. The normalized spacial score (nSPS) is 14.2. The Morgan fingerprint density at radius 3 is 2.47 bits per heavy atom. The summed E-state index contributed by atoms with van der Waals surface area (Å²) in [7, 11) is -2.20. The summed E-state index contributed by atoms with van der Waals surface area (Å²) >= 11 is 5.97. The summed E-state index contributed by atoms with van der Waals surface area (Å²) in [5, 5.41) is 9.49. The average Bonchev–Trinajstić information content (AvgIpc) is 2.25. The van der Waals surface area contributed by atoms with Crippen LogP contribution < -0.4 is 0 Å². The van der Waals surface area contributed by atoms with Crippen LogP contribution >= 0.6 is 11.6 Å². The van der Waals surface area contributed by atoms with Gasteiger partial charge in [-0.25, -0.2) is 9.78 Å². The molecule has 1 aromatic rings. The molecule has 0 radical (unpaired) electrons. The van der Waals surface area contributed by atoms with Gasteiger partial charge in [0.25, 0.3) is 0 Å². The van der Waals surface area contributed by atoms with Crippen molar-refractivity contribution in [3.8, 4) is 0 Å². The molecule has 0 aliphatic carbocycles. The van der Waals surface area contributed by atoms with Crippen LogP contribution in [0.2, 0.25) is 23.3 Å². The Balaban J connectivity index is 3.12. The topological polar surface area (TPSA) is 59.4 Å². The maximum Gasteiger partial charge on any atom is 0.336 e. The molecule has 0 aliphatic heterocycles. The van der Waals surface area contributed by atoms with Crippen molar-refractivity contribution < 1.29 is 14.3 Å². The number of carbonyl (C=O) groups is 1. The van der Waals surface area contributed by atoms with Gasteiger partial charge in [-0.1, -0.05) is 38.4 Å². The van der Waals surface area contributed by atoms with Crippen LogP contribution in [0.1, 0.15) is 32.4 Å². The van der Waals surface area contributed by atoms with Crippen molar-refractivity contribution in [2.24, 2.45) is 0 Å². The van der Waals surface area contributed by atoms with Gasteiger partial charge in [-0.2, -0.15) is 0 Å². The van der Waals surface area contributed by atoms with Crippen LogP contribution in [-0.4, -0.2) is 24.4 Å². The molecule has 1 heterocycles. The molecule has 0 saturated carbocycles. The van der Waals surface area contributed by atoms with E-state index in [1.165, 1.54) is 6.20 Å². The Morgan fingerprint density at radius 1 is 1.47 bits per heavy atom. The van der Waals surface area contributed by atoms with Gasteiger partial charge in [0.15, 0.2) is 14.4 Å². The lowest BCUT2D eigenvalue weighted by Crippen LogP contribution is -2.43. The molecule has 1 unspecified atom stereocenters. The van der Waals surface area contributed by atoms with E-state index >= 15 is 0 Å². The van der Waals surface area contributed by atoms with Gasteiger partial charge in [0.05, 0.1) is 0 Å². The van der Waals surface area contributed by atoms with Gasteiger partial charge < -0.3 is 9.53 Å². The second kappa shape index (κ2) is 5.61. The molecular weight excluding hydrogens is 282 g/mol. The maximum absolute atomic E-state index is 11.5. The number of carboxylic acid groups (broad SMARTS) is 1. The summed E-state index contributed by atoms with van der Waals surface area (Å²) < 4.78 is 5.95. The number of nitrogens with zero attached hydrogens (tertiary/aromatic N) is 1. The molecule has 4 nitrogen and oxygen atoms in total. The number of rotatable bonds is 4. The molecule has 0 spiro atoms. The lowest BCUT2D eigenvalue weighted by atomic mass is 10.2. The molecule has 1 aromatic heterocycles. The Morgan fingerprint density at radius 2 is 2.05 bits per heavy atom. The molecular formula is C13H20ClNO3Si. The standard InChI is InChI=1S/C13H20ClNO3Si/c1-13(2,3)19(4,5)18-10(12(16)17)9-7-6-8-15-11(9)14/h6-8,10H,1-5H3,(H,16,17). The van der Waals surface area contributed by atoms with Crippen molar-refractivity contribution in [2.75, 3.05) is 0 Å². The highest BCUT2D eigenvalue weighted by Crippen LogP contribution is 2.40. The predicted octanol–water partition coefficient (Wildman–Crippen LogP) is 3.88. The first-order valence-electron chi connectivity index (χ1n) is 6.07. The molecule has 19 heavy (non-hydrogen) atoms. The van der Waals surface area contributed by atoms with Gasteiger partial charge in [-0.05, 0) is 24.2 Å². The molecule has 0 amide bonds. The van der Waals surface area contributed by atoms with E-state index in [9.17, 15) is 9.90 Å². The first-order chi connectivity index (χ1) is 8.56. The number of aliphatic carboxylic acids is 1. The minimum absolute atomic E-state index is 0.0740. The van der Waals surface area contributed by atoms with Gasteiger partial charge in [-0.15, -0.1) is 0 Å². The Labute approximate surface area is 119 Å². The number of carboxylic acids is 1. The number of aromatic nitrogens is 1. The van der Waals surface area contributed by atoms with E-state index in [4.69, 9.17) is 16.0 Å². The Kier molecular flexibility index (Phi) is 4.76. The van der Waals surface area contributed by atoms with E-state index < -0.39 is 20.4 Å². The third-order valence-electron chi connectivity index (χ3n) is 3.51. The second-order valence-electron chi connectivity index (χ2n) is 5.98. The van der Waals surface area contributed by atoms with Gasteiger partial charge in [-0.3, -0.25) is 0 Å². The van der Waals surface area contributed by atoms with Gasteiger partial charge in [0.2, 0.25) is 0 Å². The Hall–Kier alpha value is -0.913. The minimum Gasteiger partial charge on any atom is -0.479 e. The number of pyridine rings is 1. The van der Waals surface area contributed by atoms with Crippen LogP contribution in [0.15, 0.2) is 18.3 Å². The molecule has 1 atom stereocenters. The third-order valence-corrected chi connectivity index (χ3v) is 8.27. The lowest BCUT2D eigenvalue weighted by molar-refractivity contribution is -0.146. The smallest absolute Gasteiger partial charge is 0.336 e. The van der Waals surface area contributed by atoms with Crippen LogP contribution in [-0.2, 0) is 9.22 Å². The van der Waals surface area contributed by atoms with Gasteiger partial charge >= 0.3 is 5.97 Å². The van der Waals surface area contributed by atoms with Crippen molar-refractivity contribution in [1.29, 1.82) is 0 Å². The Bertz CT molecular complexity index is 471. The molecule has 0 aliphatic rings. The van der Waals surface area contributed by atoms with E-state index in [2.05, 4.69) is 25.8 Å². The zero-order chi connectivity index (χ0) is 14.8. The van der Waals surface area contributed by atoms with Crippen LogP contribution in [0, 0.1) is 0 Å². The third kappa shape index (κ3) is 3.78. The first kappa shape index (κ1) is 16.1. The average molecular weight is 302 g/mol.